The summed E-state index contributed by atoms with van der Waals surface area (Å²) in [6.45, 7) is 3.42. The summed E-state index contributed by atoms with van der Waals surface area (Å²) in [7, 11) is 0. The predicted octanol–water partition coefficient (Wildman–Crippen LogP) is 1.49. The zero-order valence-corrected chi connectivity index (χ0v) is 10.7. The molecule has 0 aromatic heterocycles. The molecule has 0 bridgehead atoms. The van der Waals surface area contributed by atoms with E-state index in [4.69, 9.17) is 4.74 Å². The molecule has 4 nitrogen and oxygen atoms in total. The Morgan fingerprint density at radius 3 is 2.79 bits per heavy atom. The van der Waals surface area contributed by atoms with Gasteiger partial charge in [0, 0.05) is 12.5 Å². The lowest BCUT2D eigenvalue weighted by molar-refractivity contribution is -0.118. The van der Waals surface area contributed by atoms with Gasteiger partial charge in [-0.05, 0) is 25.1 Å². The molecule has 0 saturated heterocycles. The number of ether oxygens (including phenoxy) is 1. The van der Waals surface area contributed by atoms with Crippen molar-refractivity contribution in [3.63, 3.8) is 0 Å². The second-order valence-electron chi connectivity index (χ2n) is 3.62. The van der Waals surface area contributed by atoms with Gasteiger partial charge in [-0.3, -0.25) is 4.79 Å². The molecule has 1 rings (SSSR count). The Hall–Kier alpha value is -2.35. The van der Waals surface area contributed by atoms with Crippen molar-refractivity contribution in [2.45, 2.75) is 13.8 Å². The number of amides is 1. The van der Waals surface area contributed by atoms with E-state index in [0.29, 0.717) is 0 Å². The smallest absolute Gasteiger partial charge is 0.339 e. The van der Waals surface area contributed by atoms with E-state index in [2.05, 4.69) is 17.2 Å². The average Bonchev–Trinajstić information content (AvgIpc) is 2.34. The summed E-state index contributed by atoms with van der Waals surface area (Å²) in [6, 6.07) is 3.66. The fraction of sp³-hybridized carbons (Fsp3) is 0.286. The maximum Gasteiger partial charge on any atom is 0.339 e. The number of rotatable bonds is 3. The average molecular weight is 263 g/mol. The Morgan fingerprint density at radius 2 is 2.16 bits per heavy atom. The van der Waals surface area contributed by atoms with E-state index >= 15 is 0 Å². The minimum Gasteiger partial charge on any atom is -0.462 e. The molecule has 1 amide bonds. The van der Waals surface area contributed by atoms with Crippen molar-refractivity contribution in [2.75, 3.05) is 13.2 Å². The van der Waals surface area contributed by atoms with Crippen molar-refractivity contribution < 1.29 is 18.7 Å². The van der Waals surface area contributed by atoms with Crippen molar-refractivity contribution in [3.8, 4) is 11.8 Å². The largest absolute Gasteiger partial charge is 0.462 e. The normalized spacial score (nSPS) is 9.21. The van der Waals surface area contributed by atoms with Crippen LogP contribution < -0.4 is 5.32 Å². The van der Waals surface area contributed by atoms with Gasteiger partial charge in [0.05, 0.1) is 18.7 Å². The molecule has 1 aromatic rings. The van der Waals surface area contributed by atoms with Crippen LogP contribution in [0, 0.1) is 17.7 Å². The molecule has 5 heteroatoms. The first-order valence-corrected chi connectivity index (χ1v) is 5.74. The van der Waals surface area contributed by atoms with Gasteiger partial charge < -0.3 is 10.1 Å². The van der Waals surface area contributed by atoms with Gasteiger partial charge in [-0.15, -0.1) is 0 Å². The molecule has 1 N–H and O–H groups in total. The summed E-state index contributed by atoms with van der Waals surface area (Å²) in [5, 5.41) is 2.48. The second kappa shape index (κ2) is 7.17. The summed E-state index contributed by atoms with van der Waals surface area (Å²) in [5.41, 5.74) is 0.447. The number of benzene rings is 1. The van der Waals surface area contributed by atoms with Crippen molar-refractivity contribution in [1.29, 1.82) is 0 Å². The fourth-order valence-electron chi connectivity index (χ4n) is 1.31. The van der Waals surface area contributed by atoms with Crippen LogP contribution in [0.25, 0.3) is 0 Å². The first-order valence-electron chi connectivity index (χ1n) is 5.74. The monoisotopic (exact) mass is 263 g/mol. The van der Waals surface area contributed by atoms with Crippen LogP contribution in [-0.4, -0.2) is 25.0 Å². The Bertz CT molecular complexity index is 543. The lowest BCUT2D eigenvalue weighted by atomic mass is 10.1. The minimum atomic E-state index is -0.550. The molecule has 0 atom stereocenters. The summed E-state index contributed by atoms with van der Waals surface area (Å²) in [5.74, 6) is 4.04. The Labute approximate surface area is 111 Å². The van der Waals surface area contributed by atoms with E-state index < -0.39 is 11.8 Å². The van der Waals surface area contributed by atoms with Gasteiger partial charge >= 0.3 is 5.97 Å². The Morgan fingerprint density at radius 1 is 1.42 bits per heavy atom. The lowest BCUT2D eigenvalue weighted by Crippen LogP contribution is -2.19. The minimum absolute atomic E-state index is 0.133. The summed E-state index contributed by atoms with van der Waals surface area (Å²) >= 11 is 0. The van der Waals surface area contributed by atoms with Gasteiger partial charge in [-0.2, -0.15) is 0 Å². The SMILES string of the molecule is CCOC(=O)c1ccc(F)cc1C#CCNC(C)=O. The van der Waals surface area contributed by atoms with E-state index in [9.17, 15) is 14.0 Å². The van der Waals surface area contributed by atoms with Crippen LogP contribution >= 0.6 is 0 Å². The Balaban J connectivity index is 2.94. The summed E-state index contributed by atoms with van der Waals surface area (Å²) in [6.07, 6.45) is 0. The van der Waals surface area contributed by atoms with E-state index in [1.165, 1.54) is 19.1 Å². The van der Waals surface area contributed by atoms with Gasteiger partial charge in [-0.1, -0.05) is 11.8 Å². The van der Waals surface area contributed by atoms with E-state index in [1.54, 1.807) is 6.92 Å². The lowest BCUT2D eigenvalue weighted by Gasteiger charge is -2.04. The number of carbonyl (C=O) groups is 2. The highest BCUT2D eigenvalue weighted by molar-refractivity contribution is 5.92. The van der Waals surface area contributed by atoms with Crippen molar-refractivity contribution >= 4 is 11.9 Å². The van der Waals surface area contributed by atoms with Gasteiger partial charge in [0.25, 0.3) is 0 Å². The standard InChI is InChI=1S/C14H14FNO3/c1-3-19-14(18)13-7-6-12(15)9-11(13)5-4-8-16-10(2)17/h6-7,9H,3,8H2,1-2H3,(H,16,17). The Kier molecular flexibility index (Phi) is 5.55. The molecule has 0 aliphatic rings. The van der Waals surface area contributed by atoms with Gasteiger partial charge in [0.2, 0.25) is 5.91 Å². The molecule has 0 unspecified atom stereocenters. The first-order chi connectivity index (χ1) is 9.04. The van der Waals surface area contributed by atoms with Gasteiger partial charge in [-0.25, -0.2) is 9.18 Å². The molecule has 0 aliphatic heterocycles. The molecule has 100 valence electrons. The molecule has 0 aliphatic carbocycles. The van der Waals surface area contributed by atoms with Crippen LogP contribution in [0.5, 0.6) is 0 Å². The third-order valence-corrected chi connectivity index (χ3v) is 2.13. The molecule has 0 saturated carbocycles. The number of nitrogens with one attached hydrogen (secondary N) is 1. The summed E-state index contributed by atoms with van der Waals surface area (Å²) < 4.78 is 18.0. The molecule has 0 radical (unpaired) electrons. The highest BCUT2D eigenvalue weighted by Gasteiger charge is 2.11. The number of hydrogen-bond acceptors (Lipinski definition) is 3. The maximum absolute atomic E-state index is 13.1. The quantitative estimate of drug-likeness (QED) is 0.664. The highest BCUT2D eigenvalue weighted by atomic mass is 19.1. The van der Waals surface area contributed by atoms with Crippen molar-refractivity contribution in [3.05, 3.63) is 35.1 Å². The van der Waals surface area contributed by atoms with Crippen LogP contribution in [0.2, 0.25) is 0 Å². The zero-order chi connectivity index (χ0) is 14.3. The number of halogens is 1. The third-order valence-electron chi connectivity index (χ3n) is 2.13. The molecule has 0 fully saturated rings. The van der Waals surface area contributed by atoms with E-state index in [-0.39, 0.29) is 30.2 Å². The number of esters is 1. The molecule has 1 aromatic carbocycles. The topological polar surface area (TPSA) is 55.4 Å². The van der Waals surface area contributed by atoms with Gasteiger partial charge in [0.1, 0.15) is 5.82 Å². The molecular formula is C14H14FNO3. The van der Waals surface area contributed by atoms with Gasteiger partial charge in [0.15, 0.2) is 0 Å². The van der Waals surface area contributed by atoms with E-state index in [0.717, 1.165) is 6.07 Å². The van der Waals surface area contributed by atoms with Crippen molar-refractivity contribution in [2.24, 2.45) is 0 Å². The molecule has 0 heterocycles. The predicted molar refractivity (Wildman–Crippen MR) is 67.9 cm³/mol. The highest BCUT2D eigenvalue weighted by Crippen LogP contribution is 2.11. The summed E-state index contributed by atoms with van der Waals surface area (Å²) in [4.78, 5) is 22.3. The third kappa shape index (κ3) is 4.80. The van der Waals surface area contributed by atoms with Crippen LogP contribution in [0.15, 0.2) is 18.2 Å². The number of hydrogen-bond donors (Lipinski definition) is 1. The molecular weight excluding hydrogens is 249 g/mol. The fourth-order valence-corrected chi connectivity index (χ4v) is 1.31. The molecule has 19 heavy (non-hydrogen) atoms. The van der Waals surface area contributed by atoms with E-state index in [1.807, 2.05) is 0 Å². The molecule has 0 spiro atoms. The second-order valence-corrected chi connectivity index (χ2v) is 3.62. The van der Waals surface area contributed by atoms with Crippen molar-refractivity contribution in [1.82, 2.24) is 5.32 Å². The van der Waals surface area contributed by atoms with Crippen LogP contribution in [-0.2, 0) is 9.53 Å². The first kappa shape index (κ1) is 14.7. The maximum atomic E-state index is 13.1. The number of carbonyl (C=O) groups excluding carboxylic acids is 2. The van der Waals surface area contributed by atoms with Crippen LogP contribution in [0.1, 0.15) is 29.8 Å². The zero-order valence-electron chi connectivity index (χ0n) is 10.7. The van der Waals surface area contributed by atoms with Crippen LogP contribution in [0.3, 0.4) is 0 Å². The van der Waals surface area contributed by atoms with Crippen LogP contribution in [0.4, 0.5) is 4.39 Å².